The molecule has 2 amide bonds. The van der Waals surface area contributed by atoms with Crippen LogP contribution in [0.2, 0.25) is 0 Å². The van der Waals surface area contributed by atoms with Gasteiger partial charge in [-0.25, -0.2) is 13.6 Å². The molecule has 1 saturated carbocycles. The number of nitrogens with one attached hydrogen (secondary N) is 1. The number of aromatic nitrogens is 3. The first-order valence-corrected chi connectivity index (χ1v) is 14.0. The minimum atomic E-state index is -2.65. The van der Waals surface area contributed by atoms with Crippen molar-refractivity contribution < 1.29 is 23.1 Å². The van der Waals surface area contributed by atoms with Crippen molar-refractivity contribution in [1.29, 1.82) is 0 Å². The second-order valence-corrected chi connectivity index (χ2v) is 12.0. The molecule has 1 atom stereocenters. The molecule has 1 unspecified atom stereocenters. The number of carbonyl (C=O) groups excluding carboxylic acids is 2. The smallest absolute Gasteiger partial charge is 0.412 e. The number of hydrogen-bond acceptors (Lipinski definition) is 7. The van der Waals surface area contributed by atoms with E-state index < -0.39 is 17.6 Å². The number of anilines is 2. The number of amides is 2. The number of alkyl halides is 2. The molecule has 9 nitrogen and oxygen atoms in total. The standard InChI is InChI=1S/C30H36F2N6O3/c1-19-18-37(15-16-38(19)27(39)21-9-12-30(31,32)13-10-21)26-24-17-33-14-11-23(24)25(35-36-26)20-5-7-22(8-6-20)34-28(40)41-29(2,3)4/h5-8,11,14,17,19,21H,9-10,12-13,15-16,18H2,1-4H3,(H,34,40). The molecule has 3 heterocycles. The molecular weight excluding hydrogens is 530 g/mol. The number of fused-ring (bicyclic) bond motifs is 1. The fourth-order valence-electron chi connectivity index (χ4n) is 5.56. The number of ether oxygens (including phenoxy) is 1. The largest absolute Gasteiger partial charge is 0.444 e. The van der Waals surface area contributed by atoms with Gasteiger partial charge in [0.2, 0.25) is 11.8 Å². The Hall–Kier alpha value is -3.89. The van der Waals surface area contributed by atoms with Gasteiger partial charge in [0.25, 0.3) is 0 Å². The topological polar surface area (TPSA) is 101 Å². The summed E-state index contributed by atoms with van der Waals surface area (Å²) in [5.41, 5.74) is 1.52. The molecule has 5 rings (SSSR count). The second-order valence-electron chi connectivity index (χ2n) is 12.0. The molecular formula is C30H36F2N6O3. The first-order valence-electron chi connectivity index (χ1n) is 14.0. The van der Waals surface area contributed by atoms with Gasteiger partial charge in [-0.2, -0.15) is 0 Å². The van der Waals surface area contributed by atoms with Crippen molar-refractivity contribution in [1.82, 2.24) is 20.1 Å². The fraction of sp³-hybridized carbons (Fsp3) is 0.500. The zero-order chi connectivity index (χ0) is 29.4. The maximum Gasteiger partial charge on any atom is 0.412 e. The Morgan fingerprint density at radius 3 is 2.39 bits per heavy atom. The van der Waals surface area contributed by atoms with Gasteiger partial charge in [-0.1, -0.05) is 12.1 Å². The number of rotatable bonds is 4. The first kappa shape index (κ1) is 28.6. The number of hydrogen-bond donors (Lipinski definition) is 1. The van der Waals surface area contributed by atoms with Crippen LogP contribution in [0, 0.1) is 5.92 Å². The molecule has 1 saturated heterocycles. The third kappa shape index (κ3) is 6.55. The average Bonchev–Trinajstić information content (AvgIpc) is 2.91. The number of halogens is 2. The highest BCUT2D eigenvalue weighted by atomic mass is 19.3. The van der Waals surface area contributed by atoms with Crippen molar-refractivity contribution in [3.05, 3.63) is 42.7 Å². The predicted molar refractivity (Wildman–Crippen MR) is 153 cm³/mol. The Kier molecular flexibility index (Phi) is 7.80. The van der Waals surface area contributed by atoms with Crippen LogP contribution in [-0.2, 0) is 9.53 Å². The molecule has 2 aliphatic rings. The number of pyridine rings is 1. The Morgan fingerprint density at radius 2 is 1.73 bits per heavy atom. The summed E-state index contributed by atoms with van der Waals surface area (Å²) in [7, 11) is 0. The molecule has 1 aromatic carbocycles. The number of carbonyl (C=O) groups is 2. The third-order valence-corrected chi connectivity index (χ3v) is 7.64. The van der Waals surface area contributed by atoms with Crippen molar-refractivity contribution in [3.8, 4) is 11.3 Å². The van der Waals surface area contributed by atoms with E-state index in [4.69, 9.17) is 4.74 Å². The lowest BCUT2D eigenvalue weighted by atomic mass is 9.85. The third-order valence-electron chi connectivity index (χ3n) is 7.64. The van der Waals surface area contributed by atoms with E-state index in [2.05, 4.69) is 25.4 Å². The monoisotopic (exact) mass is 566 g/mol. The van der Waals surface area contributed by atoms with Crippen LogP contribution in [0.1, 0.15) is 53.4 Å². The highest BCUT2D eigenvalue weighted by molar-refractivity contribution is 6.00. The van der Waals surface area contributed by atoms with Crippen LogP contribution in [0.5, 0.6) is 0 Å². The van der Waals surface area contributed by atoms with E-state index in [9.17, 15) is 18.4 Å². The van der Waals surface area contributed by atoms with Gasteiger partial charge >= 0.3 is 6.09 Å². The van der Waals surface area contributed by atoms with Crippen LogP contribution in [0.3, 0.4) is 0 Å². The Labute approximate surface area is 238 Å². The van der Waals surface area contributed by atoms with Crippen molar-refractivity contribution in [2.75, 3.05) is 29.9 Å². The van der Waals surface area contributed by atoms with Crippen LogP contribution < -0.4 is 10.2 Å². The van der Waals surface area contributed by atoms with Gasteiger partial charge < -0.3 is 14.5 Å². The first-order chi connectivity index (χ1) is 19.4. The summed E-state index contributed by atoms with van der Waals surface area (Å²) in [5, 5.41) is 13.6. The lowest BCUT2D eigenvalue weighted by Gasteiger charge is -2.42. The van der Waals surface area contributed by atoms with E-state index in [1.54, 1.807) is 45.3 Å². The SMILES string of the molecule is CC1CN(c2nnc(-c3ccc(NC(=O)OC(C)(C)C)cc3)c3ccncc23)CCN1C(=O)C1CCC(F)(F)CC1. The second kappa shape index (κ2) is 11.2. The van der Waals surface area contributed by atoms with Crippen molar-refractivity contribution in [2.45, 2.75) is 70.9 Å². The fourth-order valence-corrected chi connectivity index (χ4v) is 5.56. The molecule has 0 radical (unpaired) electrons. The zero-order valence-electron chi connectivity index (χ0n) is 23.9. The molecule has 2 fully saturated rings. The number of nitrogens with zero attached hydrogens (tertiary/aromatic N) is 5. The maximum atomic E-state index is 13.6. The van der Waals surface area contributed by atoms with Crippen LogP contribution in [0.25, 0.3) is 22.0 Å². The quantitative estimate of drug-likeness (QED) is 0.420. The summed E-state index contributed by atoms with van der Waals surface area (Å²) in [4.78, 5) is 33.6. The van der Waals surface area contributed by atoms with Crippen LogP contribution >= 0.6 is 0 Å². The summed E-state index contributed by atoms with van der Waals surface area (Å²) in [6.45, 7) is 9.00. The van der Waals surface area contributed by atoms with Gasteiger partial charge in [0.05, 0.1) is 0 Å². The van der Waals surface area contributed by atoms with Crippen LogP contribution in [-0.4, -0.2) is 69.3 Å². The van der Waals surface area contributed by atoms with E-state index in [0.29, 0.717) is 36.8 Å². The summed E-state index contributed by atoms with van der Waals surface area (Å²) in [6.07, 6.45) is 2.99. The van der Waals surface area contributed by atoms with Crippen LogP contribution in [0.15, 0.2) is 42.7 Å². The highest BCUT2D eigenvalue weighted by Gasteiger charge is 2.40. The summed E-state index contributed by atoms with van der Waals surface area (Å²) >= 11 is 0. The molecule has 41 heavy (non-hydrogen) atoms. The van der Waals surface area contributed by atoms with E-state index in [0.717, 1.165) is 16.3 Å². The zero-order valence-corrected chi connectivity index (χ0v) is 23.9. The minimum Gasteiger partial charge on any atom is -0.444 e. The minimum absolute atomic E-state index is 0.0230. The summed E-state index contributed by atoms with van der Waals surface area (Å²) < 4.78 is 32.5. The molecule has 0 bridgehead atoms. The molecule has 3 aromatic rings. The molecule has 0 spiro atoms. The lowest BCUT2D eigenvalue weighted by molar-refractivity contribution is -0.142. The predicted octanol–water partition coefficient (Wildman–Crippen LogP) is 5.90. The van der Waals surface area contributed by atoms with Gasteiger partial charge in [-0.3, -0.25) is 15.1 Å². The highest BCUT2D eigenvalue weighted by Crippen LogP contribution is 2.38. The molecule has 2 aromatic heterocycles. The van der Waals surface area contributed by atoms with E-state index in [1.807, 2.05) is 30.0 Å². The molecule has 218 valence electrons. The van der Waals surface area contributed by atoms with E-state index in [1.165, 1.54) is 0 Å². The van der Waals surface area contributed by atoms with E-state index >= 15 is 0 Å². The number of benzene rings is 1. The lowest BCUT2D eigenvalue weighted by Crippen LogP contribution is -2.56. The molecule has 1 aliphatic heterocycles. The van der Waals surface area contributed by atoms with Gasteiger partial charge in [0.15, 0.2) is 5.82 Å². The van der Waals surface area contributed by atoms with Crippen molar-refractivity contribution >= 4 is 34.3 Å². The Balaban J connectivity index is 1.31. The van der Waals surface area contributed by atoms with Crippen LogP contribution in [0.4, 0.5) is 25.1 Å². The van der Waals surface area contributed by atoms with Crippen molar-refractivity contribution in [3.63, 3.8) is 0 Å². The molecule has 1 N–H and O–H groups in total. The average molecular weight is 567 g/mol. The summed E-state index contributed by atoms with van der Waals surface area (Å²) in [5.74, 6) is -2.32. The van der Waals surface area contributed by atoms with Gasteiger partial charge in [-0.15, -0.1) is 10.2 Å². The van der Waals surface area contributed by atoms with Gasteiger partial charge in [0, 0.05) is 78.9 Å². The molecule has 11 heteroatoms. The maximum absolute atomic E-state index is 13.6. The van der Waals surface area contributed by atoms with Gasteiger partial charge in [0.1, 0.15) is 11.3 Å². The summed E-state index contributed by atoms with van der Waals surface area (Å²) in [6, 6.07) is 9.10. The Bertz CT molecular complexity index is 1420. The molecule has 1 aliphatic carbocycles. The Morgan fingerprint density at radius 1 is 1.02 bits per heavy atom. The normalized spacial score (nSPS) is 19.7. The van der Waals surface area contributed by atoms with Gasteiger partial charge in [-0.05, 0) is 58.7 Å². The number of piperazine rings is 1. The van der Waals surface area contributed by atoms with Crippen molar-refractivity contribution in [2.24, 2.45) is 5.92 Å². The van der Waals surface area contributed by atoms with E-state index in [-0.39, 0.29) is 43.6 Å².